The second kappa shape index (κ2) is 8.67. The lowest BCUT2D eigenvalue weighted by atomic mass is 10.1. The Bertz CT molecular complexity index is 508. The molecule has 1 aromatic carbocycles. The molecule has 23 heavy (non-hydrogen) atoms. The average molecular weight is 321 g/mol. The number of carbonyl (C=O) groups excluding carboxylic acids is 2. The predicted octanol–water partition coefficient (Wildman–Crippen LogP) is 4.11. The van der Waals surface area contributed by atoms with Gasteiger partial charge < -0.3 is 4.74 Å². The quantitative estimate of drug-likeness (QED) is 0.709. The highest BCUT2D eigenvalue weighted by molar-refractivity contribution is 5.79. The molecule has 0 aliphatic rings. The highest BCUT2D eigenvalue weighted by atomic mass is 16.7. The second-order valence-electron chi connectivity index (χ2n) is 6.51. The van der Waals surface area contributed by atoms with Crippen LogP contribution in [0.1, 0.15) is 53.0 Å². The zero-order valence-electron chi connectivity index (χ0n) is 14.7. The first-order chi connectivity index (χ1) is 10.7. The standard InChI is InChI=1S/C18H27NO4/c1-6-16(20)12-14(2)19(17(21)23-18(3,4)5)22-13-15-10-8-7-9-11-15/h7-11,14H,6,12-13H2,1-5H3/t14-/m1/s1. The second-order valence-corrected chi connectivity index (χ2v) is 6.51. The van der Waals surface area contributed by atoms with E-state index in [9.17, 15) is 9.59 Å². The van der Waals surface area contributed by atoms with E-state index >= 15 is 0 Å². The van der Waals surface area contributed by atoms with Crippen LogP contribution in [0.5, 0.6) is 0 Å². The molecule has 1 amide bonds. The molecule has 0 aliphatic heterocycles. The summed E-state index contributed by atoms with van der Waals surface area (Å²) in [5, 5.41) is 1.17. The number of nitrogens with zero attached hydrogens (tertiary/aromatic N) is 1. The molecule has 0 saturated heterocycles. The summed E-state index contributed by atoms with van der Waals surface area (Å²) in [5.74, 6) is 0.0781. The molecule has 0 heterocycles. The first kappa shape index (κ1) is 19.2. The van der Waals surface area contributed by atoms with Crippen LogP contribution in [-0.2, 0) is 21.0 Å². The predicted molar refractivity (Wildman–Crippen MR) is 88.7 cm³/mol. The Morgan fingerprint density at radius 2 is 1.78 bits per heavy atom. The van der Waals surface area contributed by atoms with Crippen LogP contribution in [0.25, 0.3) is 0 Å². The van der Waals surface area contributed by atoms with Crippen molar-refractivity contribution in [1.82, 2.24) is 5.06 Å². The van der Waals surface area contributed by atoms with Crippen molar-refractivity contribution in [3.05, 3.63) is 35.9 Å². The fourth-order valence-corrected chi connectivity index (χ4v) is 1.94. The fraction of sp³-hybridized carbons (Fsp3) is 0.556. The number of ketones is 1. The van der Waals surface area contributed by atoms with Crippen LogP contribution in [0.3, 0.4) is 0 Å². The number of rotatable bonds is 7. The van der Waals surface area contributed by atoms with Crippen LogP contribution in [0.15, 0.2) is 30.3 Å². The van der Waals surface area contributed by atoms with Crippen LogP contribution in [0.4, 0.5) is 4.79 Å². The zero-order valence-corrected chi connectivity index (χ0v) is 14.7. The Balaban J connectivity index is 2.78. The van der Waals surface area contributed by atoms with Gasteiger partial charge in [-0.1, -0.05) is 37.3 Å². The molecule has 128 valence electrons. The molecule has 0 saturated carbocycles. The van der Waals surface area contributed by atoms with Gasteiger partial charge in [0.2, 0.25) is 0 Å². The van der Waals surface area contributed by atoms with E-state index in [0.717, 1.165) is 5.56 Å². The number of benzene rings is 1. The maximum Gasteiger partial charge on any atom is 0.434 e. The van der Waals surface area contributed by atoms with Crippen molar-refractivity contribution >= 4 is 11.9 Å². The summed E-state index contributed by atoms with van der Waals surface area (Å²) in [7, 11) is 0. The van der Waals surface area contributed by atoms with Crippen molar-refractivity contribution in [3.63, 3.8) is 0 Å². The third-order valence-electron chi connectivity index (χ3n) is 3.10. The van der Waals surface area contributed by atoms with Crippen molar-refractivity contribution in [2.45, 2.75) is 65.7 Å². The summed E-state index contributed by atoms with van der Waals surface area (Å²) in [6.45, 7) is 9.21. The van der Waals surface area contributed by atoms with Gasteiger partial charge in [-0.2, -0.15) is 5.06 Å². The SMILES string of the molecule is CCC(=O)C[C@@H](C)N(OCc1ccccc1)C(=O)OC(C)(C)C. The van der Waals surface area contributed by atoms with E-state index in [4.69, 9.17) is 9.57 Å². The van der Waals surface area contributed by atoms with Gasteiger partial charge >= 0.3 is 6.09 Å². The van der Waals surface area contributed by atoms with E-state index < -0.39 is 11.7 Å². The van der Waals surface area contributed by atoms with Gasteiger partial charge in [-0.15, -0.1) is 0 Å². The van der Waals surface area contributed by atoms with Crippen molar-refractivity contribution in [2.75, 3.05) is 0 Å². The summed E-state index contributed by atoms with van der Waals surface area (Å²) in [6, 6.07) is 9.16. The molecule has 1 aromatic rings. The number of ether oxygens (including phenoxy) is 1. The molecule has 5 nitrogen and oxygen atoms in total. The molecule has 0 unspecified atom stereocenters. The number of carbonyl (C=O) groups is 2. The molecule has 0 aromatic heterocycles. The third-order valence-corrected chi connectivity index (χ3v) is 3.10. The molecule has 0 aliphatic carbocycles. The maximum absolute atomic E-state index is 12.4. The van der Waals surface area contributed by atoms with Gasteiger partial charge in [-0.3, -0.25) is 9.63 Å². The first-order valence-corrected chi connectivity index (χ1v) is 7.93. The smallest absolute Gasteiger partial charge is 0.434 e. The Morgan fingerprint density at radius 1 is 1.17 bits per heavy atom. The van der Waals surface area contributed by atoms with Gasteiger partial charge in [0.15, 0.2) is 0 Å². The zero-order chi connectivity index (χ0) is 17.5. The summed E-state index contributed by atoms with van der Waals surface area (Å²) in [4.78, 5) is 29.7. The van der Waals surface area contributed by atoms with E-state index in [1.54, 1.807) is 34.6 Å². The van der Waals surface area contributed by atoms with E-state index in [0.29, 0.717) is 6.42 Å². The highest BCUT2D eigenvalue weighted by Crippen LogP contribution is 2.16. The topological polar surface area (TPSA) is 55.8 Å². The van der Waals surface area contributed by atoms with Gasteiger partial charge in [0.1, 0.15) is 18.0 Å². The first-order valence-electron chi connectivity index (χ1n) is 7.93. The van der Waals surface area contributed by atoms with Crippen LogP contribution < -0.4 is 0 Å². The molecular formula is C18H27NO4. The van der Waals surface area contributed by atoms with E-state index in [2.05, 4.69) is 0 Å². The Kier molecular flexibility index (Phi) is 7.23. The number of hydrogen-bond acceptors (Lipinski definition) is 4. The van der Waals surface area contributed by atoms with Gasteiger partial charge in [-0.25, -0.2) is 4.79 Å². The lowest BCUT2D eigenvalue weighted by Crippen LogP contribution is -2.42. The molecule has 5 heteroatoms. The monoisotopic (exact) mass is 321 g/mol. The minimum Gasteiger partial charge on any atom is -0.442 e. The average Bonchev–Trinajstić information content (AvgIpc) is 2.46. The van der Waals surface area contributed by atoms with Crippen molar-refractivity contribution < 1.29 is 19.2 Å². The number of hydrogen-bond donors (Lipinski definition) is 0. The molecule has 1 rings (SSSR count). The number of hydroxylamine groups is 2. The summed E-state index contributed by atoms with van der Waals surface area (Å²) in [5.41, 5.74) is 0.315. The van der Waals surface area contributed by atoms with E-state index in [1.165, 1.54) is 5.06 Å². The Morgan fingerprint density at radius 3 is 2.30 bits per heavy atom. The molecule has 0 N–H and O–H groups in total. The van der Waals surface area contributed by atoms with Crippen molar-refractivity contribution in [1.29, 1.82) is 0 Å². The molecule has 0 spiro atoms. The molecule has 0 fully saturated rings. The summed E-state index contributed by atoms with van der Waals surface area (Å²) < 4.78 is 5.38. The van der Waals surface area contributed by atoms with Crippen LogP contribution >= 0.6 is 0 Å². The summed E-state index contributed by atoms with van der Waals surface area (Å²) >= 11 is 0. The van der Waals surface area contributed by atoms with Crippen LogP contribution in [0.2, 0.25) is 0 Å². The highest BCUT2D eigenvalue weighted by Gasteiger charge is 2.28. The summed E-state index contributed by atoms with van der Waals surface area (Å²) in [6.07, 6.45) is 0.0974. The third kappa shape index (κ3) is 7.28. The minimum atomic E-state index is -0.625. The van der Waals surface area contributed by atoms with Crippen LogP contribution in [0, 0.1) is 0 Å². The van der Waals surface area contributed by atoms with Crippen molar-refractivity contribution in [3.8, 4) is 0 Å². The molecular weight excluding hydrogens is 294 g/mol. The lowest BCUT2D eigenvalue weighted by Gasteiger charge is -2.30. The van der Waals surface area contributed by atoms with Gasteiger partial charge in [0.25, 0.3) is 0 Å². The lowest BCUT2D eigenvalue weighted by molar-refractivity contribution is -0.178. The van der Waals surface area contributed by atoms with E-state index in [-0.39, 0.29) is 24.9 Å². The van der Waals surface area contributed by atoms with Gasteiger partial charge in [-0.05, 0) is 33.3 Å². The maximum atomic E-state index is 12.4. The number of Topliss-reactive ketones (excluding diaryl/α,β-unsaturated/α-hetero) is 1. The van der Waals surface area contributed by atoms with Gasteiger partial charge in [0, 0.05) is 12.8 Å². The minimum absolute atomic E-state index is 0.0781. The Hall–Kier alpha value is -1.88. The largest absolute Gasteiger partial charge is 0.442 e. The van der Waals surface area contributed by atoms with Crippen LogP contribution in [-0.4, -0.2) is 28.6 Å². The molecule has 0 radical (unpaired) electrons. The van der Waals surface area contributed by atoms with E-state index in [1.807, 2.05) is 30.3 Å². The van der Waals surface area contributed by atoms with Gasteiger partial charge in [0.05, 0.1) is 6.04 Å². The normalized spacial score (nSPS) is 12.6. The van der Waals surface area contributed by atoms with Crippen molar-refractivity contribution in [2.24, 2.45) is 0 Å². The molecule has 0 bridgehead atoms. The molecule has 1 atom stereocenters. The number of amides is 1. The fourth-order valence-electron chi connectivity index (χ4n) is 1.94. The Labute approximate surface area is 138 Å².